The monoisotopic (exact) mass is 602 g/mol. The van der Waals surface area contributed by atoms with Gasteiger partial charge in [-0.15, -0.1) is 47.0 Å². The van der Waals surface area contributed by atoms with Gasteiger partial charge in [0.25, 0.3) is 0 Å². The van der Waals surface area contributed by atoms with Crippen LogP contribution in [0.15, 0.2) is 48.6 Å². The second kappa shape index (κ2) is 16.0. The van der Waals surface area contributed by atoms with Crippen LogP contribution in [0.3, 0.4) is 0 Å². The van der Waals surface area contributed by atoms with Gasteiger partial charge in [-0.25, -0.2) is 9.59 Å². The fourth-order valence-corrected chi connectivity index (χ4v) is 12.8. The number of esters is 2. The number of benzene rings is 1. The summed E-state index contributed by atoms with van der Waals surface area (Å²) in [7, 11) is 0. The first-order valence-electron chi connectivity index (χ1n) is 11.7. The second-order valence-electron chi connectivity index (χ2n) is 8.60. The van der Waals surface area contributed by atoms with E-state index in [-0.39, 0.29) is 11.9 Å². The Bertz CT molecular complexity index is 850. The predicted octanol–water partition coefficient (Wildman–Crippen LogP) is 6.74. The van der Waals surface area contributed by atoms with Crippen LogP contribution in [0.1, 0.15) is 25.0 Å². The third-order valence-corrected chi connectivity index (χ3v) is 14.8. The Morgan fingerprint density at radius 1 is 0.833 bits per heavy atom. The Hall–Kier alpha value is -0.260. The summed E-state index contributed by atoms with van der Waals surface area (Å²) >= 11 is 11.8. The molecular weight excluding hydrogens is 569 g/mol. The van der Waals surface area contributed by atoms with Gasteiger partial charge in [0.05, 0.1) is 9.16 Å². The molecule has 198 valence electrons. The molecule has 2 aliphatic rings. The number of hydrogen-bond donors (Lipinski definition) is 0. The molecule has 3 rings (SSSR count). The summed E-state index contributed by atoms with van der Waals surface area (Å²) in [5.74, 6) is 5.70. The highest BCUT2D eigenvalue weighted by Crippen LogP contribution is 2.41. The van der Waals surface area contributed by atoms with E-state index in [2.05, 4.69) is 37.4 Å². The lowest BCUT2D eigenvalue weighted by atomic mass is 10.1. The molecule has 1 aromatic rings. The molecule has 36 heavy (non-hydrogen) atoms. The lowest BCUT2D eigenvalue weighted by Gasteiger charge is -2.13. The third-order valence-electron chi connectivity index (χ3n) is 5.26. The summed E-state index contributed by atoms with van der Waals surface area (Å²) in [5, 5.41) is 0.744. The molecular formula is C26H34O4S6. The molecule has 1 aromatic carbocycles. The maximum atomic E-state index is 11.6. The Morgan fingerprint density at radius 2 is 1.25 bits per heavy atom. The smallest absolute Gasteiger partial charge is 0.333 e. The van der Waals surface area contributed by atoms with Gasteiger partial charge in [-0.05, 0) is 25.0 Å². The molecule has 0 aromatic heterocycles. The standard InChI is InChI=1S/C26H34O4S6/c1-17(2)25(27)29-9-21-13-33-23(35-21)15-31-11-19-7-5-6-8-20(19)12-32-16-24-34-14-22(36-24)10-30-26(28)18(3)4/h5-8,21-24H,1,3,9-16H2,2,4H3. The molecule has 10 heteroatoms. The van der Waals surface area contributed by atoms with Crippen LogP contribution < -0.4 is 0 Å². The highest BCUT2D eigenvalue weighted by atomic mass is 32.2. The molecule has 4 unspecified atom stereocenters. The highest BCUT2D eigenvalue weighted by Gasteiger charge is 2.28. The van der Waals surface area contributed by atoms with Gasteiger partial charge in [-0.1, -0.05) is 37.4 Å². The minimum absolute atomic E-state index is 0.290. The summed E-state index contributed by atoms with van der Waals surface area (Å²) in [5.41, 5.74) is 3.76. The van der Waals surface area contributed by atoms with Crippen molar-refractivity contribution in [1.82, 2.24) is 0 Å². The minimum atomic E-state index is -0.290. The molecule has 0 bridgehead atoms. The van der Waals surface area contributed by atoms with Crippen LogP contribution in [0.25, 0.3) is 0 Å². The summed E-state index contributed by atoms with van der Waals surface area (Å²) in [6.07, 6.45) is 0. The van der Waals surface area contributed by atoms with Crippen molar-refractivity contribution >= 4 is 82.5 Å². The van der Waals surface area contributed by atoms with Crippen LogP contribution in [0.4, 0.5) is 0 Å². The number of carbonyl (C=O) groups is 2. The molecule has 2 fully saturated rings. The Labute approximate surface area is 241 Å². The molecule has 4 nitrogen and oxygen atoms in total. The lowest BCUT2D eigenvalue weighted by Crippen LogP contribution is -2.16. The predicted molar refractivity (Wildman–Crippen MR) is 166 cm³/mol. The van der Waals surface area contributed by atoms with Crippen molar-refractivity contribution in [3.8, 4) is 0 Å². The van der Waals surface area contributed by atoms with Crippen molar-refractivity contribution in [3.63, 3.8) is 0 Å². The fraction of sp³-hybridized carbons (Fsp3) is 0.538. The average molecular weight is 603 g/mol. The van der Waals surface area contributed by atoms with Crippen molar-refractivity contribution < 1.29 is 19.1 Å². The van der Waals surface area contributed by atoms with E-state index in [0.717, 1.165) is 34.5 Å². The first-order valence-corrected chi connectivity index (χ1v) is 18.0. The molecule has 0 saturated carbocycles. The first-order chi connectivity index (χ1) is 17.3. The van der Waals surface area contributed by atoms with Gasteiger partial charge in [-0.3, -0.25) is 0 Å². The number of ether oxygens (including phenoxy) is 2. The van der Waals surface area contributed by atoms with Gasteiger partial charge in [0.1, 0.15) is 13.2 Å². The molecule has 0 spiro atoms. The minimum Gasteiger partial charge on any atom is -0.461 e. The van der Waals surface area contributed by atoms with Gasteiger partial charge >= 0.3 is 11.9 Å². The maximum Gasteiger partial charge on any atom is 0.333 e. The summed E-state index contributed by atoms with van der Waals surface area (Å²) in [6, 6.07) is 8.77. The first kappa shape index (κ1) is 30.3. The van der Waals surface area contributed by atoms with E-state index in [9.17, 15) is 9.59 Å². The number of hydrogen-bond acceptors (Lipinski definition) is 10. The van der Waals surface area contributed by atoms with Crippen molar-refractivity contribution in [2.45, 2.75) is 45.0 Å². The van der Waals surface area contributed by atoms with Crippen LogP contribution in [0.5, 0.6) is 0 Å². The zero-order valence-corrected chi connectivity index (χ0v) is 25.7. The van der Waals surface area contributed by atoms with Crippen LogP contribution in [-0.4, -0.2) is 67.8 Å². The van der Waals surface area contributed by atoms with Crippen molar-refractivity contribution in [2.24, 2.45) is 0 Å². The normalized spacial score (nSPS) is 23.4. The summed E-state index contributed by atoms with van der Waals surface area (Å²) < 4.78 is 11.7. The van der Waals surface area contributed by atoms with E-state index < -0.39 is 0 Å². The molecule has 0 radical (unpaired) electrons. The topological polar surface area (TPSA) is 52.6 Å². The van der Waals surface area contributed by atoms with E-state index in [1.54, 1.807) is 13.8 Å². The Morgan fingerprint density at radius 3 is 1.64 bits per heavy atom. The Kier molecular flexibility index (Phi) is 13.4. The van der Waals surface area contributed by atoms with Gasteiger partial charge in [0.2, 0.25) is 0 Å². The van der Waals surface area contributed by atoms with Crippen LogP contribution in [-0.2, 0) is 30.6 Å². The quantitative estimate of drug-likeness (QED) is 0.169. The average Bonchev–Trinajstić information content (AvgIpc) is 3.51. The number of rotatable bonds is 14. The Balaban J connectivity index is 1.32. The van der Waals surface area contributed by atoms with Crippen molar-refractivity contribution in [3.05, 3.63) is 59.7 Å². The molecule has 2 heterocycles. The van der Waals surface area contributed by atoms with E-state index in [4.69, 9.17) is 9.47 Å². The van der Waals surface area contributed by atoms with Gasteiger partial charge < -0.3 is 9.47 Å². The van der Waals surface area contributed by atoms with Gasteiger partial charge in [-0.2, -0.15) is 23.5 Å². The van der Waals surface area contributed by atoms with Gasteiger partial charge in [0, 0.05) is 56.2 Å². The molecule has 4 atom stereocenters. The van der Waals surface area contributed by atoms with Crippen LogP contribution in [0.2, 0.25) is 0 Å². The second-order valence-corrected chi connectivity index (χ2v) is 16.7. The summed E-state index contributed by atoms with van der Waals surface area (Å²) in [6.45, 7) is 11.6. The van der Waals surface area contributed by atoms with E-state index in [1.165, 1.54) is 11.1 Å². The highest BCUT2D eigenvalue weighted by molar-refractivity contribution is 8.22. The van der Waals surface area contributed by atoms with Gasteiger partial charge in [0.15, 0.2) is 0 Å². The largest absolute Gasteiger partial charge is 0.461 e. The number of carbonyl (C=O) groups excluding carboxylic acids is 2. The number of thioether (sulfide) groups is 6. The molecule has 0 aliphatic carbocycles. The zero-order valence-electron chi connectivity index (χ0n) is 20.8. The fourth-order valence-electron chi connectivity index (χ4n) is 3.32. The van der Waals surface area contributed by atoms with Crippen molar-refractivity contribution in [2.75, 3.05) is 36.2 Å². The summed E-state index contributed by atoms with van der Waals surface area (Å²) in [4.78, 5) is 23.2. The van der Waals surface area contributed by atoms with E-state index >= 15 is 0 Å². The SMILES string of the molecule is C=C(C)C(=O)OCC1CSC(CSCc2ccccc2CSCC2SCC(COC(=O)C(=C)C)S2)S1. The van der Waals surface area contributed by atoms with Crippen LogP contribution in [0, 0.1) is 0 Å². The van der Waals surface area contributed by atoms with Crippen molar-refractivity contribution in [1.29, 1.82) is 0 Å². The molecule has 0 amide bonds. The molecule has 2 saturated heterocycles. The zero-order chi connectivity index (χ0) is 25.9. The van der Waals surface area contributed by atoms with E-state index in [0.29, 0.717) is 44.0 Å². The lowest BCUT2D eigenvalue weighted by molar-refractivity contribution is -0.139. The third kappa shape index (κ3) is 10.5. The van der Waals surface area contributed by atoms with Crippen LogP contribution >= 0.6 is 70.6 Å². The van der Waals surface area contributed by atoms with E-state index in [1.807, 2.05) is 70.6 Å². The maximum absolute atomic E-state index is 11.6. The molecule has 0 N–H and O–H groups in total. The molecule has 2 aliphatic heterocycles.